The first-order valence-electron chi connectivity index (χ1n) is 5.27. The Morgan fingerprint density at radius 3 is 2.76 bits per heavy atom. The second kappa shape index (κ2) is 4.43. The van der Waals surface area contributed by atoms with Gasteiger partial charge in [-0.2, -0.15) is 0 Å². The van der Waals surface area contributed by atoms with E-state index < -0.39 is 12.0 Å². The average Bonchev–Trinajstić information content (AvgIpc) is 2.29. The van der Waals surface area contributed by atoms with Gasteiger partial charge < -0.3 is 15.9 Å². The van der Waals surface area contributed by atoms with Crippen LogP contribution in [0, 0.1) is 0 Å². The third-order valence-electron chi connectivity index (χ3n) is 2.71. The molecule has 88 valence electrons. The molecule has 0 amide bonds. The fourth-order valence-electron chi connectivity index (χ4n) is 1.83. The van der Waals surface area contributed by atoms with Crippen LogP contribution in [0.1, 0.15) is 5.56 Å². The van der Waals surface area contributed by atoms with E-state index in [0.717, 1.165) is 16.3 Å². The molecule has 1 unspecified atom stereocenters. The lowest BCUT2D eigenvalue weighted by atomic mass is 9.99. The highest BCUT2D eigenvalue weighted by atomic mass is 16.4. The number of nitrogens with two attached hydrogens (primary N) is 1. The smallest absolute Gasteiger partial charge is 0.320 e. The van der Waals surface area contributed by atoms with E-state index in [0.29, 0.717) is 0 Å². The number of rotatable bonds is 3. The van der Waals surface area contributed by atoms with Crippen molar-refractivity contribution >= 4 is 16.7 Å². The van der Waals surface area contributed by atoms with E-state index >= 15 is 0 Å². The summed E-state index contributed by atoms with van der Waals surface area (Å²) in [6.07, 6.45) is 0.246. The molecule has 4 N–H and O–H groups in total. The molecule has 0 saturated heterocycles. The standard InChI is InChI=1S/C13H13NO3/c14-12(13(16)17)6-9-3-1-2-8-4-5-10(15)7-11(8)9/h1-5,7,12,15H,6,14H2,(H,16,17). The van der Waals surface area contributed by atoms with E-state index in [1.54, 1.807) is 18.2 Å². The topological polar surface area (TPSA) is 83.5 Å². The molecule has 0 aromatic heterocycles. The molecule has 0 aliphatic rings. The van der Waals surface area contributed by atoms with Crippen LogP contribution in [0.4, 0.5) is 0 Å². The number of phenolic OH excluding ortho intramolecular Hbond substituents is 1. The zero-order chi connectivity index (χ0) is 12.4. The zero-order valence-corrected chi connectivity index (χ0v) is 9.13. The number of carboxylic acids is 1. The number of fused-ring (bicyclic) bond motifs is 1. The third kappa shape index (κ3) is 2.37. The minimum absolute atomic E-state index is 0.161. The summed E-state index contributed by atoms with van der Waals surface area (Å²) in [4.78, 5) is 10.7. The van der Waals surface area contributed by atoms with Gasteiger partial charge in [-0.05, 0) is 34.9 Å². The first-order chi connectivity index (χ1) is 8.08. The molecule has 4 nitrogen and oxygen atoms in total. The van der Waals surface area contributed by atoms with Crippen LogP contribution in [0.25, 0.3) is 10.8 Å². The van der Waals surface area contributed by atoms with Crippen molar-refractivity contribution in [2.45, 2.75) is 12.5 Å². The highest BCUT2D eigenvalue weighted by molar-refractivity contribution is 5.87. The second-order valence-corrected chi connectivity index (χ2v) is 3.97. The molecule has 0 bridgehead atoms. The Labute approximate surface area is 98.3 Å². The summed E-state index contributed by atoms with van der Waals surface area (Å²) in [7, 11) is 0. The molecule has 0 heterocycles. The van der Waals surface area contributed by atoms with Crippen LogP contribution in [0.15, 0.2) is 36.4 Å². The normalized spacial score (nSPS) is 12.5. The van der Waals surface area contributed by atoms with Crippen molar-refractivity contribution in [3.8, 4) is 5.75 Å². The lowest BCUT2D eigenvalue weighted by Crippen LogP contribution is -2.32. The number of aromatic hydroxyl groups is 1. The van der Waals surface area contributed by atoms with Gasteiger partial charge in [-0.25, -0.2) is 0 Å². The van der Waals surface area contributed by atoms with Crippen molar-refractivity contribution in [1.29, 1.82) is 0 Å². The van der Waals surface area contributed by atoms with Crippen molar-refractivity contribution in [2.75, 3.05) is 0 Å². The molecule has 0 saturated carbocycles. The van der Waals surface area contributed by atoms with Crippen LogP contribution in [0.3, 0.4) is 0 Å². The van der Waals surface area contributed by atoms with Gasteiger partial charge in [0.2, 0.25) is 0 Å². The molecule has 0 aliphatic heterocycles. The minimum Gasteiger partial charge on any atom is -0.508 e. The SMILES string of the molecule is NC(Cc1cccc2ccc(O)cc12)C(=O)O. The Morgan fingerprint density at radius 2 is 2.06 bits per heavy atom. The van der Waals surface area contributed by atoms with Crippen molar-refractivity contribution in [3.05, 3.63) is 42.0 Å². The molecule has 0 spiro atoms. The monoisotopic (exact) mass is 231 g/mol. The Bertz CT molecular complexity index is 566. The third-order valence-corrected chi connectivity index (χ3v) is 2.71. The van der Waals surface area contributed by atoms with Crippen LogP contribution in [0.2, 0.25) is 0 Å². The molecule has 0 aliphatic carbocycles. The number of carboxylic acid groups (broad SMARTS) is 1. The Morgan fingerprint density at radius 1 is 1.29 bits per heavy atom. The van der Waals surface area contributed by atoms with E-state index in [1.165, 1.54) is 0 Å². The summed E-state index contributed by atoms with van der Waals surface area (Å²) < 4.78 is 0. The van der Waals surface area contributed by atoms with Crippen LogP contribution in [-0.2, 0) is 11.2 Å². The summed E-state index contributed by atoms with van der Waals surface area (Å²) in [5.74, 6) is -0.865. The van der Waals surface area contributed by atoms with Gasteiger partial charge in [-0.15, -0.1) is 0 Å². The fraction of sp³-hybridized carbons (Fsp3) is 0.154. The second-order valence-electron chi connectivity index (χ2n) is 3.97. The van der Waals surface area contributed by atoms with Gasteiger partial charge in [0.25, 0.3) is 0 Å². The van der Waals surface area contributed by atoms with Crippen LogP contribution in [-0.4, -0.2) is 22.2 Å². The van der Waals surface area contributed by atoms with E-state index in [1.807, 2.05) is 18.2 Å². The lowest BCUT2D eigenvalue weighted by Gasteiger charge is -2.09. The van der Waals surface area contributed by atoms with Gasteiger partial charge in [0.15, 0.2) is 0 Å². The first kappa shape index (κ1) is 11.4. The highest BCUT2D eigenvalue weighted by Gasteiger charge is 2.13. The van der Waals surface area contributed by atoms with Gasteiger partial charge >= 0.3 is 5.97 Å². The van der Waals surface area contributed by atoms with E-state index in [9.17, 15) is 9.90 Å². The number of aliphatic carboxylic acids is 1. The molecule has 0 fully saturated rings. The van der Waals surface area contributed by atoms with Gasteiger partial charge in [0.05, 0.1) is 0 Å². The Balaban J connectivity index is 2.46. The molecule has 4 heteroatoms. The first-order valence-corrected chi connectivity index (χ1v) is 5.27. The summed E-state index contributed by atoms with van der Waals surface area (Å²) in [6.45, 7) is 0. The van der Waals surface area contributed by atoms with Crippen LogP contribution in [0.5, 0.6) is 5.75 Å². The van der Waals surface area contributed by atoms with Crippen molar-refractivity contribution in [1.82, 2.24) is 0 Å². The maximum absolute atomic E-state index is 10.7. The van der Waals surface area contributed by atoms with Gasteiger partial charge in [0, 0.05) is 0 Å². The Hall–Kier alpha value is -2.07. The van der Waals surface area contributed by atoms with Crippen LogP contribution >= 0.6 is 0 Å². The molecule has 2 rings (SSSR count). The predicted octanol–water partition coefficient (Wildman–Crippen LogP) is 1.50. The number of carbonyl (C=O) groups is 1. The quantitative estimate of drug-likeness (QED) is 0.747. The number of hydrogen-bond donors (Lipinski definition) is 3. The Kier molecular flexibility index (Phi) is 2.97. The summed E-state index contributed by atoms with van der Waals surface area (Å²) in [5.41, 5.74) is 6.34. The fourth-order valence-corrected chi connectivity index (χ4v) is 1.83. The molecule has 2 aromatic carbocycles. The van der Waals surface area contributed by atoms with E-state index in [2.05, 4.69) is 0 Å². The number of phenols is 1. The average molecular weight is 231 g/mol. The molecule has 17 heavy (non-hydrogen) atoms. The lowest BCUT2D eigenvalue weighted by molar-refractivity contribution is -0.138. The highest BCUT2D eigenvalue weighted by Crippen LogP contribution is 2.24. The van der Waals surface area contributed by atoms with Crippen LogP contribution < -0.4 is 5.73 Å². The molecular weight excluding hydrogens is 218 g/mol. The summed E-state index contributed by atoms with van der Waals surface area (Å²) >= 11 is 0. The van der Waals surface area contributed by atoms with Gasteiger partial charge in [-0.1, -0.05) is 24.3 Å². The van der Waals surface area contributed by atoms with Gasteiger partial charge in [-0.3, -0.25) is 4.79 Å². The largest absolute Gasteiger partial charge is 0.508 e. The maximum atomic E-state index is 10.7. The van der Waals surface area contributed by atoms with Crippen molar-refractivity contribution < 1.29 is 15.0 Å². The number of benzene rings is 2. The van der Waals surface area contributed by atoms with Gasteiger partial charge in [0.1, 0.15) is 11.8 Å². The summed E-state index contributed by atoms with van der Waals surface area (Å²) in [6, 6.07) is 9.67. The predicted molar refractivity (Wildman–Crippen MR) is 64.9 cm³/mol. The minimum atomic E-state index is -1.03. The maximum Gasteiger partial charge on any atom is 0.320 e. The van der Waals surface area contributed by atoms with E-state index in [-0.39, 0.29) is 12.2 Å². The molecule has 2 aromatic rings. The molecular formula is C13H13NO3. The zero-order valence-electron chi connectivity index (χ0n) is 9.13. The molecule has 1 atom stereocenters. The van der Waals surface area contributed by atoms with E-state index in [4.69, 9.17) is 10.8 Å². The molecule has 0 radical (unpaired) electrons. The summed E-state index contributed by atoms with van der Waals surface area (Å²) in [5, 5.41) is 20.0. The van der Waals surface area contributed by atoms with Crippen molar-refractivity contribution in [3.63, 3.8) is 0 Å². The van der Waals surface area contributed by atoms with Crippen molar-refractivity contribution in [2.24, 2.45) is 5.73 Å². The number of hydrogen-bond acceptors (Lipinski definition) is 3.